The lowest BCUT2D eigenvalue weighted by atomic mass is 10.2. The molecule has 4 aromatic rings. The van der Waals surface area contributed by atoms with Crippen LogP contribution in [-0.2, 0) is 16.0 Å². The second-order valence-corrected chi connectivity index (χ2v) is 8.32. The van der Waals surface area contributed by atoms with Gasteiger partial charge in [0, 0.05) is 6.42 Å². The Morgan fingerprint density at radius 2 is 2.00 bits per heavy atom. The fourth-order valence-electron chi connectivity index (χ4n) is 3.19. The van der Waals surface area contributed by atoms with E-state index in [2.05, 4.69) is 37.4 Å². The van der Waals surface area contributed by atoms with Crippen LogP contribution in [0.15, 0.2) is 46.8 Å². The van der Waals surface area contributed by atoms with Crippen molar-refractivity contribution in [2.24, 2.45) is 0 Å². The summed E-state index contributed by atoms with van der Waals surface area (Å²) in [6.45, 7) is 4.06. The molecule has 30 heavy (non-hydrogen) atoms. The highest BCUT2D eigenvalue weighted by Crippen LogP contribution is 2.31. The Balaban J connectivity index is 1.53. The van der Waals surface area contributed by atoms with Crippen LogP contribution >= 0.6 is 23.1 Å². The highest BCUT2D eigenvalue weighted by Gasteiger charge is 2.17. The minimum atomic E-state index is -0.461. The Bertz CT molecular complexity index is 1230. The van der Waals surface area contributed by atoms with Gasteiger partial charge in [-0.3, -0.25) is 9.20 Å². The van der Waals surface area contributed by atoms with Gasteiger partial charge in [0.25, 0.3) is 0 Å². The fraction of sp³-hybridized carbons (Fsp3) is 0.238. The Kier molecular flexibility index (Phi) is 6.01. The van der Waals surface area contributed by atoms with Crippen LogP contribution in [0.5, 0.6) is 0 Å². The van der Waals surface area contributed by atoms with Crippen molar-refractivity contribution >= 4 is 56.4 Å². The van der Waals surface area contributed by atoms with Gasteiger partial charge in [-0.05, 0) is 36.6 Å². The van der Waals surface area contributed by atoms with Gasteiger partial charge in [-0.2, -0.15) is 0 Å². The zero-order chi connectivity index (χ0) is 21.1. The second-order valence-electron chi connectivity index (χ2n) is 6.41. The highest BCUT2D eigenvalue weighted by atomic mass is 32.2. The molecule has 0 bridgehead atoms. The maximum absolute atomic E-state index is 12.6. The second kappa shape index (κ2) is 8.85. The van der Waals surface area contributed by atoms with E-state index in [0.717, 1.165) is 28.0 Å². The number of amides is 1. The predicted molar refractivity (Wildman–Crippen MR) is 120 cm³/mol. The molecular formula is C21H20N4O3S2. The molecule has 154 valence electrons. The summed E-state index contributed by atoms with van der Waals surface area (Å²) in [7, 11) is 0. The number of aromatic nitrogens is 3. The largest absolute Gasteiger partial charge is 0.462 e. The molecular weight excluding hydrogens is 420 g/mol. The number of thioether (sulfide) groups is 1. The van der Waals surface area contributed by atoms with E-state index in [1.165, 1.54) is 11.8 Å². The summed E-state index contributed by atoms with van der Waals surface area (Å²) in [5.41, 5.74) is 2.83. The summed E-state index contributed by atoms with van der Waals surface area (Å²) in [5.74, 6) is 0.337. The molecule has 0 unspecified atom stereocenters. The molecule has 7 nitrogen and oxygen atoms in total. The lowest BCUT2D eigenvalue weighted by Gasteiger charge is -2.10. The van der Waals surface area contributed by atoms with E-state index in [0.29, 0.717) is 16.3 Å². The number of carbonyl (C=O) groups is 2. The van der Waals surface area contributed by atoms with Crippen LogP contribution < -0.4 is 5.32 Å². The SMILES string of the molecule is CCOC(=O)c1ccccc1NC(=O)CSc1nnc(CC)n2c1cc1sccc12. The number of esters is 1. The number of nitrogens with one attached hydrogen (secondary N) is 1. The van der Waals surface area contributed by atoms with Crippen molar-refractivity contribution in [1.82, 2.24) is 14.6 Å². The van der Waals surface area contributed by atoms with Crippen LogP contribution in [0.4, 0.5) is 5.69 Å². The summed E-state index contributed by atoms with van der Waals surface area (Å²) in [4.78, 5) is 24.7. The van der Waals surface area contributed by atoms with Crippen molar-refractivity contribution in [3.05, 3.63) is 53.2 Å². The number of carbonyl (C=O) groups excluding carboxylic acids is 2. The molecule has 0 radical (unpaired) electrons. The van der Waals surface area contributed by atoms with Crippen LogP contribution in [0.3, 0.4) is 0 Å². The minimum Gasteiger partial charge on any atom is -0.462 e. The minimum absolute atomic E-state index is 0.145. The van der Waals surface area contributed by atoms with Crippen molar-refractivity contribution in [3.8, 4) is 0 Å². The molecule has 1 aromatic carbocycles. The molecule has 1 amide bonds. The summed E-state index contributed by atoms with van der Waals surface area (Å²) >= 11 is 2.99. The lowest BCUT2D eigenvalue weighted by Crippen LogP contribution is -2.17. The Morgan fingerprint density at radius 3 is 2.80 bits per heavy atom. The van der Waals surface area contributed by atoms with Crippen LogP contribution in [0, 0.1) is 0 Å². The molecule has 0 saturated carbocycles. The zero-order valence-corrected chi connectivity index (χ0v) is 18.2. The van der Waals surface area contributed by atoms with E-state index in [-0.39, 0.29) is 18.3 Å². The number of para-hydroxylation sites is 1. The van der Waals surface area contributed by atoms with Gasteiger partial charge in [0.05, 0.1) is 39.3 Å². The standard InChI is InChI=1S/C21H20N4O3S2/c1-3-18-23-24-20(16-11-17-15(25(16)18)9-10-29-17)30-12-19(26)22-14-8-6-5-7-13(14)21(27)28-4-2/h5-11H,3-4,12H2,1-2H3,(H,22,26). The normalized spacial score (nSPS) is 11.1. The highest BCUT2D eigenvalue weighted by molar-refractivity contribution is 8.00. The molecule has 4 rings (SSSR count). The monoisotopic (exact) mass is 440 g/mol. The fourth-order valence-corrected chi connectivity index (χ4v) is 4.73. The van der Waals surface area contributed by atoms with Gasteiger partial charge in [-0.25, -0.2) is 4.79 Å². The predicted octanol–water partition coefficient (Wildman–Crippen LogP) is 4.41. The summed E-state index contributed by atoms with van der Waals surface area (Å²) in [6.07, 6.45) is 0.763. The topological polar surface area (TPSA) is 85.6 Å². The Labute approximate surface area is 181 Å². The van der Waals surface area contributed by atoms with Crippen molar-refractivity contribution in [3.63, 3.8) is 0 Å². The van der Waals surface area contributed by atoms with Crippen LogP contribution in [0.1, 0.15) is 30.0 Å². The third-order valence-electron chi connectivity index (χ3n) is 4.51. The van der Waals surface area contributed by atoms with Gasteiger partial charge < -0.3 is 10.1 Å². The molecule has 0 spiro atoms. The maximum atomic E-state index is 12.6. The van der Waals surface area contributed by atoms with Crippen molar-refractivity contribution in [2.75, 3.05) is 17.7 Å². The van der Waals surface area contributed by atoms with E-state index in [1.54, 1.807) is 42.5 Å². The Morgan fingerprint density at radius 1 is 1.17 bits per heavy atom. The third kappa shape index (κ3) is 3.90. The number of thiophene rings is 1. The quantitative estimate of drug-likeness (QED) is 0.338. The number of ether oxygens (including phenoxy) is 1. The van der Waals surface area contributed by atoms with E-state index < -0.39 is 5.97 Å². The number of aryl methyl sites for hydroxylation is 1. The van der Waals surface area contributed by atoms with Crippen molar-refractivity contribution in [2.45, 2.75) is 25.3 Å². The number of fused-ring (bicyclic) bond motifs is 3. The van der Waals surface area contributed by atoms with E-state index in [4.69, 9.17) is 4.74 Å². The van der Waals surface area contributed by atoms with Gasteiger partial charge in [0.15, 0.2) is 0 Å². The van der Waals surface area contributed by atoms with E-state index in [1.807, 2.05) is 6.92 Å². The molecule has 3 heterocycles. The number of hydrogen-bond donors (Lipinski definition) is 1. The molecule has 3 aromatic heterocycles. The molecule has 0 fully saturated rings. The lowest BCUT2D eigenvalue weighted by molar-refractivity contribution is -0.113. The average molecular weight is 441 g/mol. The van der Waals surface area contributed by atoms with Crippen LogP contribution in [-0.4, -0.2) is 38.8 Å². The number of rotatable bonds is 7. The summed E-state index contributed by atoms with van der Waals surface area (Å²) in [5, 5.41) is 14.2. The van der Waals surface area contributed by atoms with Crippen LogP contribution in [0.25, 0.3) is 15.7 Å². The van der Waals surface area contributed by atoms with E-state index >= 15 is 0 Å². The zero-order valence-electron chi connectivity index (χ0n) is 16.5. The molecule has 0 atom stereocenters. The summed E-state index contributed by atoms with van der Waals surface area (Å²) < 4.78 is 8.32. The van der Waals surface area contributed by atoms with Gasteiger partial charge in [0.1, 0.15) is 10.9 Å². The first-order valence-corrected chi connectivity index (χ1v) is 11.4. The molecule has 9 heteroatoms. The Hall–Kier alpha value is -2.91. The first kappa shape index (κ1) is 20.4. The maximum Gasteiger partial charge on any atom is 0.340 e. The third-order valence-corrected chi connectivity index (χ3v) is 6.33. The number of benzene rings is 1. The van der Waals surface area contributed by atoms with Gasteiger partial charge in [-0.15, -0.1) is 21.5 Å². The van der Waals surface area contributed by atoms with Crippen molar-refractivity contribution < 1.29 is 14.3 Å². The van der Waals surface area contributed by atoms with E-state index in [9.17, 15) is 9.59 Å². The smallest absolute Gasteiger partial charge is 0.340 e. The van der Waals surface area contributed by atoms with Gasteiger partial charge in [0.2, 0.25) is 5.91 Å². The number of anilines is 1. The molecule has 1 N–H and O–H groups in total. The molecule has 0 aliphatic heterocycles. The first-order chi connectivity index (χ1) is 14.6. The molecule has 0 aliphatic rings. The van der Waals surface area contributed by atoms with Crippen molar-refractivity contribution in [1.29, 1.82) is 0 Å². The van der Waals surface area contributed by atoms with Gasteiger partial charge >= 0.3 is 5.97 Å². The number of nitrogens with zero attached hydrogens (tertiary/aromatic N) is 3. The first-order valence-electron chi connectivity index (χ1n) is 9.55. The molecule has 0 saturated heterocycles. The van der Waals surface area contributed by atoms with Gasteiger partial charge in [-0.1, -0.05) is 30.8 Å². The average Bonchev–Trinajstić information content (AvgIpc) is 3.34. The molecule has 0 aliphatic carbocycles. The summed E-state index contributed by atoms with van der Waals surface area (Å²) in [6, 6.07) is 11.0. The van der Waals surface area contributed by atoms with Crippen LogP contribution in [0.2, 0.25) is 0 Å². The number of hydrogen-bond acceptors (Lipinski definition) is 7.